The number of aryl methyl sites for hydroxylation is 2. The van der Waals surface area contributed by atoms with Gasteiger partial charge in [-0.05, 0) is 31.7 Å². The first-order valence-electron chi connectivity index (χ1n) is 6.53. The monoisotopic (exact) mass is 360 g/mol. The molecule has 0 radical (unpaired) electrons. The van der Waals surface area contributed by atoms with Crippen molar-refractivity contribution in [2.75, 3.05) is 0 Å². The van der Waals surface area contributed by atoms with Crippen molar-refractivity contribution in [3.05, 3.63) is 31.9 Å². The number of nitrogens with zero attached hydrogens (tertiary/aromatic N) is 1. The van der Waals surface area contributed by atoms with Crippen LogP contribution >= 0.6 is 22.7 Å². The van der Waals surface area contributed by atoms with Crippen molar-refractivity contribution < 1.29 is 18.3 Å². The smallest absolute Gasteiger partial charge is 0.347 e. The Morgan fingerprint density at radius 2 is 2.14 bits per heavy atom. The van der Waals surface area contributed by atoms with E-state index < -0.39 is 22.0 Å². The number of hydrogen-bond donors (Lipinski definition) is 2. The van der Waals surface area contributed by atoms with E-state index >= 15 is 0 Å². The molecule has 1 atom stereocenters. The predicted octanol–water partition coefficient (Wildman–Crippen LogP) is 2.95. The lowest BCUT2D eigenvalue weighted by Gasteiger charge is -2.14. The Labute approximate surface area is 136 Å². The number of carboxylic acids is 1. The zero-order valence-corrected chi connectivity index (χ0v) is 14.7. The van der Waals surface area contributed by atoms with E-state index in [1.165, 1.54) is 22.8 Å². The predicted molar refractivity (Wildman–Crippen MR) is 86.2 cm³/mol. The highest BCUT2D eigenvalue weighted by Crippen LogP contribution is 2.28. The fourth-order valence-corrected chi connectivity index (χ4v) is 5.55. The van der Waals surface area contributed by atoms with E-state index in [-0.39, 0.29) is 9.77 Å². The third-order valence-electron chi connectivity index (χ3n) is 3.16. The standard InChI is InChI=1S/C13H16N2O4S3/c1-4-9(12-14-7(2)8(3)21-12)15-22(18,19)10-5-6-20-11(10)13(16)17/h5-6,9,15H,4H2,1-3H3,(H,16,17). The van der Waals surface area contributed by atoms with Crippen LogP contribution < -0.4 is 4.72 Å². The summed E-state index contributed by atoms with van der Waals surface area (Å²) in [5.74, 6) is -1.25. The molecule has 0 bridgehead atoms. The van der Waals surface area contributed by atoms with E-state index in [2.05, 4.69) is 9.71 Å². The van der Waals surface area contributed by atoms with Gasteiger partial charge in [0.05, 0.1) is 11.7 Å². The Balaban J connectivity index is 2.33. The molecule has 9 heteroatoms. The van der Waals surface area contributed by atoms with Gasteiger partial charge in [0.25, 0.3) is 0 Å². The summed E-state index contributed by atoms with van der Waals surface area (Å²) in [7, 11) is -3.91. The van der Waals surface area contributed by atoms with E-state index in [1.807, 2.05) is 20.8 Å². The summed E-state index contributed by atoms with van der Waals surface area (Å²) in [6.45, 7) is 5.65. The van der Waals surface area contributed by atoms with Crippen LogP contribution in [-0.4, -0.2) is 24.5 Å². The summed E-state index contributed by atoms with van der Waals surface area (Å²) >= 11 is 2.33. The maximum Gasteiger partial charge on any atom is 0.347 e. The van der Waals surface area contributed by atoms with E-state index in [0.29, 0.717) is 11.4 Å². The molecular formula is C13H16N2O4S3. The van der Waals surface area contributed by atoms with Gasteiger partial charge in [-0.3, -0.25) is 0 Å². The molecule has 2 N–H and O–H groups in total. The number of carboxylic acid groups (broad SMARTS) is 1. The Morgan fingerprint density at radius 1 is 1.45 bits per heavy atom. The normalized spacial score (nSPS) is 13.2. The van der Waals surface area contributed by atoms with Crippen molar-refractivity contribution in [2.45, 2.75) is 38.1 Å². The van der Waals surface area contributed by atoms with Gasteiger partial charge in [0.2, 0.25) is 10.0 Å². The Kier molecular flexibility index (Phi) is 5.00. The third kappa shape index (κ3) is 3.37. The van der Waals surface area contributed by atoms with Crippen molar-refractivity contribution in [2.24, 2.45) is 0 Å². The van der Waals surface area contributed by atoms with Gasteiger partial charge in [-0.15, -0.1) is 22.7 Å². The number of aromatic carboxylic acids is 1. The Bertz CT molecular complexity index is 773. The second-order valence-corrected chi connectivity index (χ2v) is 8.53. The SMILES string of the molecule is CCC(NS(=O)(=O)c1ccsc1C(=O)O)c1nc(C)c(C)s1. The molecule has 0 aliphatic rings. The van der Waals surface area contributed by atoms with Crippen LogP contribution in [0.4, 0.5) is 0 Å². The van der Waals surface area contributed by atoms with Crippen LogP contribution in [0, 0.1) is 13.8 Å². The third-order valence-corrected chi connectivity index (χ3v) is 6.89. The molecule has 22 heavy (non-hydrogen) atoms. The zero-order chi connectivity index (χ0) is 16.5. The first kappa shape index (κ1) is 17.1. The summed E-state index contributed by atoms with van der Waals surface area (Å²) in [6.07, 6.45) is 0.526. The molecule has 0 saturated heterocycles. The molecule has 0 amide bonds. The molecule has 2 aromatic heterocycles. The van der Waals surface area contributed by atoms with Gasteiger partial charge in [0.1, 0.15) is 14.8 Å². The van der Waals surface area contributed by atoms with Crippen molar-refractivity contribution in [1.29, 1.82) is 0 Å². The fourth-order valence-electron chi connectivity index (χ4n) is 1.87. The van der Waals surface area contributed by atoms with Crippen LogP contribution in [-0.2, 0) is 10.0 Å². The molecule has 2 heterocycles. The fraction of sp³-hybridized carbons (Fsp3) is 0.385. The molecule has 0 aromatic carbocycles. The van der Waals surface area contributed by atoms with Gasteiger partial charge in [0, 0.05) is 4.88 Å². The maximum atomic E-state index is 12.5. The number of hydrogen-bond acceptors (Lipinski definition) is 6. The lowest BCUT2D eigenvalue weighted by atomic mass is 10.2. The maximum absolute atomic E-state index is 12.5. The van der Waals surface area contributed by atoms with E-state index in [9.17, 15) is 13.2 Å². The molecule has 2 rings (SSSR count). The molecule has 0 aliphatic heterocycles. The van der Waals surface area contributed by atoms with Crippen LogP contribution in [0.5, 0.6) is 0 Å². The summed E-state index contributed by atoms with van der Waals surface area (Å²) < 4.78 is 27.5. The Hall–Kier alpha value is -1.29. The van der Waals surface area contributed by atoms with Crippen molar-refractivity contribution >= 4 is 38.7 Å². The first-order valence-corrected chi connectivity index (χ1v) is 9.71. The topological polar surface area (TPSA) is 96.4 Å². The molecule has 0 fully saturated rings. The molecule has 0 spiro atoms. The van der Waals surface area contributed by atoms with Gasteiger partial charge >= 0.3 is 5.97 Å². The van der Waals surface area contributed by atoms with Gasteiger partial charge < -0.3 is 5.11 Å². The second kappa shape index (κ2) is 6.45. The van der Waals surface area contributed by atoms with Crippen molar-refractivity contribution in [3.63, 3.8) is 0 Å². The van der Waals surface area contributed by atoms with Crippen molar-refractivity contribution in [3.8, 4) is 0 Å². The minimum atomic E-state index is -3.91. The number of aromatic nitrogens is 1. The molecule has 2 aromatic rings. The average Bonchev–Trinajstić information content (AvgIpc) is 3.04. The molecular weight excluding hydrogens is 344 g/mol. The molecule has 0 saturated carbocycles. The number of rotatable bonds is 6. The van der Waals surface area contributed by atoms with Crippen molar-refractivity contribution in [1.82, 2.24) is 9.71 Å². The van der Waals surface area contributed by atoms with Gasteiger partial charge in [0.15, 0.2) is 0 Å². The van der Waals surface area contributed by atoms with Crippen LogP contribution in [0.1, 0.15) is 44.6 Å². The van der Waals surface area contributed by atoms with Crippen LogP contribution in [0.15, 0.2) is 16.3 Å². The summed E-state index contributed by atoms with van der Waals surface area (Å²) in [4.78, 5) is 16.1. The molecule has 120 valence electrons. The summed E-state index contributed by atoms with van der Waals surface area (Å²) in [6, 6.07) is 0.838. The minimum absolute atomic E-state index is 0.186. The van der Waals surface area contributed by atoms with Crippen LogP contribution in [0.25, 0.3) is 0 Å². The van der Waals surface area contributed by atoms with Gasteiger partial charge in [-0.2, -0.15) is 0 Å². The largest absolute Gasteiger partial charge is 0.477 e. The molecule has 6 nitrogen and oxygen atoms in total. The van der Waals surface area contributed by atoms with Gasteiger partial charge in [-0.25, -0.2) is 22.9 Å². The number of thiophene rings is 1. The summed E-state index contributed by atoms with van der Waals surface area (Å²) in [5, 5.41) is 11.2. The zero-order valence-electron chi connectivity index (χ0n) is 12.3. The van der Waals surface area contributed by atoms with E-state index in [0.717, 1.165) is 21.9 Å². The van der Waals surface area contributed by atoms with E-state index in [4.69, 9.17) is 5.11 Å². The highest BCUT2D eigenvalue weighted by molar-refractivity contribution is 7.89. The number of carbonyl (C=O) groups is 1. The minimum Gasteiger partial charge on any atom is -0.477 e. The number of nitrogens with one attached hydrogen (secondary N) is 1. The molecule has 0 aliphatic carbocycles. The lowest BCUT2D eigenvalue weighted by Crippen LogP contribution is -2.29. The van der Waals surface area contributed by atoms with Gasteiger partial charge in [-0.1, -0.05) is 6.92 Å². The lowest BCUT2D eigenvalue weighted by molar-refractivity contribution is 0.0698. The molecule has 1 unspecified atom stereocenters. The Morgan fingerprint density at radius 3 is 2.64 bits per heavy atom. The highest BCUT2D eigenvalue weighted by atomic mass is 32.2. The van der Waals surface area contributed by atoms with Crippen LogP contribution in [0.3, 0.4) is 0 Å². The number of thiazole rings is 1. The summed E-state index contributed by atoms with van der Waals surface area (Å²) in [5.41, 5.74) is 0.874. The van der Waals surface area contributed by atoms with E-state index in [1.54, 1.807) is 0 Å². The quantitative estimate of drug-likeness (QED) is 0.825. The second-order valence-electron chi connectivity index (χ2n) is 4.69. The first-order chi connectivity index (χ1) is 10.3. The highest BCUT2D eigenvalue weighted by Gasteiger charge is 2.27. The number of sulfonamides is 1. The van der Waals surface area contributed by atoms with Crippen LogP contribution in [0.2, 0.25) is 0 Å². The average molecular weight is 360 g/mol.